The third-order valence-corrected chi connectivity index (χ3v) is 3.70. The van der Waals surface area contributed by atoms with Gasteiger partial charge in [0, 0.05) is 12.2 Å². The average molecular weight is 303 g/mol. The van der Waals surface area contributed by atoms with Crippen molar-refractivity contribution in [3.63, 3.8) is 0 Å². The first-order valence-corrected chi connectivity index (χ1v) is 7.46. The minimum Gasteiger partial charge on any atom is -0.486 e. The molecular formula is C17H21NO4. The molecule has 1 amide bonds. The summed E-state index contributed by atoms with van der Waals surface area (Å²) in [6.07, 6.45) is 2.64. The normalized spacial score (nSPS) is 17.5. The number of benzene rings is 1. The Hall–Kier alpha value is -2.30. The van der Waals surface area contributed by atoms with Crippen LogP contribution in [0.25, 0.3) is 0 Å². The molecule has 1 aromatic carbocycles. The second-order valence-corrected chi connectivity index (χ2v) is 5.62. The van der Waals surface area contributed by atoms with E-state index in [9.17, 15) is 9.59 Å². The van der Waals surface area contributed by atoms with Crippen molar-refractivity contribution >= 4 is 17.6 Å². The van der Waals surface area contributed by atoms with E-state index in [2.05, 4.69) is 13.8 Å². The molecule has 0 bridgehead atoms. The van der Waals surface area contributed by atoms with Crippen LogP contribution in [0.4, 0.5) is 5.69 Å². The molecule has 0 fully saturated rings. The summed E-state index contributed by atoms with van der Waals surface area (Å²) < 4.78 is 6.05. The highest BCUT2D eigenvalue weighted by atomic mass is 16.5. The molecule has 1 N–H and O–H groups in total. The lowest BCUT2D eigenvalue weighted by Crippen LogP contribution is -2.43. The van der Waals surface area contributed by atoms with Crippen molar-refractivity contribution in [2.24, 2.45) is 0 Å². The Morgan fingerprint density at radius 2 is 2.14 bits per heavy atom. The second kappa shape index (κ2) is 6.64. The molecule has 1 unspecified atom stereocenters. The number of carboxylic acids is 1. The fourth-order valence-corrected chi connectivity index (χ4v) is 2.50. The van der Waals surface area contributed by atoms with E-state index in [0.717, 1.165) is 29.9 Å². The molecule has 1 heterocycles. The van der Waals surface area contributed by atoms with Gasteiger partial charge < -0.3 is 14.7 Å². The molecule has 1 aliphatic heterocycles. The third kappa shape index (κ3) is 3.30. The van der Waals surface area contributed by atoms with E-state index in [1.54, 1.807) is 4.90 Å². The molecule has 5 nitrogen and oxygen atoms in total. The molecule has 0 saturated carbocycles. The SMILES string of the molecule is CCC1CN(C(=O)/C=C/C(=O)O)c2cccc(C(C)C)c2O1. The third-order valence-electron chi connectivity index (χ3n) is 3.70. The Morgan fingerprint density at radius 3 is 2.73 bits per heavy atom. The lowest BCUT2D eigenvalue weighted by atomic mass is 9.99. The summed E-state index contributed by atoms with van der Waals surface area (Å²) in [5, 5.41) is 8.69. The fourth-order valence-electron chi connectivity index (χ4n) is 2.50. The number of hydrogen-bond donors (Lipinski definition) is 1. The van der Waals surface area contributed by atoms with Crippen LogP contribution in [0, 0.1) is 0 Å². The van der Waals surface area contributed by atoms with Gasteiger partial charge in [0.2, 0.25) is 0 Å². The Labute approximate surface area is 130 Å². The van der Waals surface area contributed by atoms with Gasteiger partial charge in [0.05, 0.1) is 12.2 Å². The number of ether oxygens (including phenoxy) is 1. The molecule has 22 heavy (non-hydrogen) atoms. The summed E-state index contributed by atoms with van der Waals surface area (Å²) in [6, 6.07) is 5.72. The molecule has 0 aromatic heterocycles. The molecule has 1 aromatic rings. The van der Waals surface area contributed by atoms with E-state index in [-0.39, 0.29) is 17.9 Å². The minimum atomic E-state index is -1.13. The molecule has 1 atom stereocenters. The number of nitrogens with zero attached hydrogens (tertiary/aromatic N) is 1. The quantitative estimate of drug-likeness (QED) is 0.868. The molecule has 0 aliphatic carbocycles. The summed E-state index contributed by atoms with van der Waals surface area (Å²) in [5.41, 5.74) is 1.76. The molecule has 0 radical (unpaired) electrons. The summed E-state index contributed by atoms with van der Waals surface area (Å²) in [6.45, 7) is 6.58. The Balaban J connectivity index is 2.43. The second-order valence-electron chi connectivity index (χ2n) is 5.62. The average Bonchev–Trinajstić information content (AvgIpc) is 2.50. The standard InChI is InChI=1S/C17H21NO4/c1-4-12-10-18(15(19)8-9-16(20)21)14-7-5-6-13(11(2)3)17(14)22-12/h5-9,11-12H,4,10H2,1-3H3,(H,20,21)/b9-8+. The predicted octanol–water partition coefficient (Wildman–Crippen LogP) is 2.95. The van der Waals surface area contributed by atoms with Gasteiger partial charge in [-0.2, -0.15) is 0 Å². The van der Waals surface area contributed by atoms with E-state index >= 15 is 0 Å². The zero-order valence-corrected chi connectivity index (χ0v) is 13.1. The Kier molecular flexibility index (Phi) is 4.85. The molecule has 118 valence electrons. The number of para-hydroxylation sites is 1. The van der Waals surface area contributed by atoms with Crippen molar-refractivity contribution in [3.05, 3.63) is 35.9 Å². The van der Waals surface area contributed by atoms with Crippen LogP contribution in [0.3, 0.4) is 0 Å². The van der Waals surface area contributed by atoms with Crippen LogP contribution in [0.1, 0.15) is 38.7 Å². The number of rotatable bonds is 4. The maximum Gasteiger partial charge on any atom is 0.328 e. The number of carbonyl (C=O) groups excluding carboxylic acids is 1. The topological polar surface area (TPSA) is 66.8 Å². The first-order chi connectivity index (χ1) is 10.4. The maximum absolute atomic E-state index is 12.3. The van der Waals surface area contributed by atoms with Crippen molar-refractivity contribution in [3.8, 4) is 5.75 Å². The summed E-state index contributed by atoms with van der Waals surface area (Å²) in [7, 11) is 0. The van der Waals surface area contributed by atoms with Crippen molar-refractivity contribution in [1.82, 2.24) is 0 Å². The fraction of sp³-hybridized carbons (Fsp3) is 0.412. The number of carboxylic acid groups (broad SMARTS) is 1. The van der Waals surface area contributed by atoms with E-state index in [1.807, 2.05) is 25.1 Å². The van der Waals surface area contributed by atoms with Gasteiger partial charge in [0.15, 0.2) is 0 Å². The molecule has 0 saturated heterocycles. The zero-order chi connectivity index (χ0) is 16.3. The zero-order valence-electron chi connectivity index (χ0n) is 13.1. The smallest absolute Gasteiger partial charge is 0.328 e. The van der Waals surface area contributed by atoms with Crippen molar-refractivity contribution in [2.75, 3.05) is 11.4 Å². The van der Waals surface area contributed by atoms with Crippen LogP contribution >= 0.6 is 0 Å². The molecule has 1 aliphatic rings. The highest BCUT2D eigenvalue weighted by molar-refractivity contribution is 6.05. The highest BCUT2D eigenvalue weighted by Gasteiger charge is 2.30. The maximum atomic E-state index is 12.3. The van der Waals surface area contributed by atoms with Gasteiger partial charge in [-0.15, -0.1) is 0 Å². The van der Waals surface area contributed by atoms with Crippen LogP contribution in [-0.4, -0.2) is 29.6 Å². The monoisotopic (exact) mass is 303 g/mol. The van der Waals surface area contributed by atoms with Crippen LogP contribution in [0.15, 0.2) is 30.4 Å². The van der Waals surface area contributed by atoms with E-state index in [1.165, 1.54) is 0 Å². The number of carbonyl (C=O) groups is 2. The molecule has 5 heteroatoms. The van der Waals surface area contributed by atoms with E-state index in [0.29, 0.717) is 12.2 Å². The van der Waals surface area contributed by atoms with Crippen molar-refractivity contribution in [2.45, 2.75) is 39.2 Å². The first kappa shape index (κ1) is 16.1. The van der Waals surface area contributed by atoms with Crippen molar-refractivity contribution < 1.29 is 19.4 Å². The predicted molar refractivity (Wildman–Crippen MR) is 84.4 cm³/mol. The largest absolute Gasteiger partial charge is 0.486 e. The van der Waals surface area contributed by atoms with Gasteiger partial charge in [-0.3, -0.25) is 4.79 Å². The number of aliphatic carboxylic acids is 1. The van der Waals surface area contributed by atoms with Crippen LogP contribution in [-0.2, 0) is 9.59 Å². The Morgan fingerprint density at radius 1 is 1.41 bits per heavy atom. The number of hydrogen-bond acceptors (Lipinski definition) is 3. The van der Waals surface area contributed by atoms with Gasteiger partial charge in [0.1, 0.15) is 11.9 Å². The van der Waals surface area contributed by atoms with E-state index in [4.69, 9.17) is 9.84 Å². The first-order valence-electron chi connectivity index (χ1n) is 7.46. The Bertz CT molecular complexity index is 607. The van der Waals surface area contributed by atoms with Crippen molar-refractivity contribution in [1.29, 1.82) is 0 Å². The van der Waals surface area contributed by atoms with Crippen LogP contribution in [0.5, 0.6) is 5.75 Å². The summed E-state index contributed by atoms with van der Waals surface area (Å²) in [4.78, 5) is 24.5. The number of fused-ring (bicyclic) bond motifs is 1. The highest BCUT2D eigenvalue weighted by Crippen LogP contribution is 2.40. The number of amides is 1. The molecular weight excluding hydrogens is 282 g/mol. The lowest BCUT2D eigenvalue weighted by molar-refractivity contribution is -0.131. The van der Waals surface area contributed by atoms with Gasteiger partial charge >= 0.3 is 5.97 Å². The van der Waals surface area contributed by atoms with E-state index < -0.39 is 5.97 Å². The molecule has 2 rings (SSSR count). The van der Waals surface area contributed by atoms with Gasteiger partial charge in [-0.05, 0) is 24.0 Å². The number of anilines is 1. The summed E-state index contributed by atoms with van der Waals surface area (Å²) in [5.74, 6) is -0.471. The van der Waals surface area contributed by atoms with Crippen LogP contribution < -0.4 is 9.64 Å². The minimum absolute atomic E-state index is 0.0884. The lowest BCUT2D eigenvalue weighted by Gasteiger charge is -2.35. The molecule has 0 spiro atoms. The summed E-state index contributed by atoms with van der Waals surface area (Å²) >= 11 is 0. The van der Waals surface area contributed by atoms with Gasteiger partial charge in [-0.25, -0.2) is 4.79 Å². The van der Waals surface area contributed by atoms with Gasteiger partial charge in [-0.1, -0.05) is 32.9 Å². The van der Waals surface area contributed by atoms with Gasteiger partial charge in [0.25, 0.3) is 5.91 Å². The van der Waals surface area contributed by atoms with Crippen LogP contribution in [0.2, 0.25) is 0 Å².